The number of fused-ring (bicyclic) bond motifs is 1. The lowest BCUT2D eigenvalue weighted by atomic mass is 10.2. The Labute approximate surface area is 74.2 Å². The molecule has 1 amide bonds. The Balaban J connectivity index is 2.43. The lowest BCUT2D eigenvalue weighted by Gasteiger charge is -2.08. The molecule has 0 unspecified atom stereocenters. The highest BCUT2D eigenvalue weighted by atomic mass is 16.1. The number of amidine groups is 2. The fraction of sp³-hybridized carbons (Fsp3) is 0.429. The normalized spacial score (nSPS) is 19.9. The SMILES string of the molecule is CC(C)C1=NC(=O)C2=NN=NC2=N1. The van der Waals surface area contributed by atoms with Crippen LogP contribution in [-0.2, 0) is 4.79 Å². The molecular formula is C7H7N5O. The lowest BCUT2D eigenvalue weighted by molar-refractivity contribution is -0.111. The average Bonchev–Trinajstić information content (AvgIpc) is 2.51. The summed E-state index contributed by atoms with van der Waals surface area (Å²) in [6, 6.07) is 0. The van der Waals surface area contributed by atoms with Crippen molar-refractivity contribution in [3.05, 3.63) is 0 Å². The van der Waals surface area contributed by atoms with Crippen molar-refractivity contribution in [3.63, 3.8) is 0 Å². The third-order valence-electron chi connectivity index (χ3n) is 1.65. The molecule has 0 aromatic rings. The van der Waals surface area contributed by atoms with E-state index in [1.807, 2.05) is 13.8 Å². The first-order valence-corrected chi connectivity index (χ1v) is 3.89. The van der Waals surface area contributed by atoms with Crippen molar-refractivity contribution in [1.82, 2.24) is 0 Å². The van der Waals surface area contributed by atoms with E-state index >= 15 is 0 Å². The van der Waals surface area contributed by atoms with Gasteiger partial charge in [0.15, 0.2) is 0 Å². The summed E-state index contributed by atoms with van der Waals surface area (Å²) in [5, 5.41) is 10.5. The molecule has 6 heteroatoms. The minimum absolute atomic E-state index is 0.105. The number of amides is 1. The van der Waals surface area contributed by atoms with Gasteiger partial charge in [0, 0.05) is 5.92 Å². The monoisotopic (exact) mass is 177 g/mol. The number of carbonyl (C=O) groups excluding carboxylic acids is 1. The first-order valence-electron chi connectivity index (χ1n) is 3.89. The van der Waals surface area contributed by atoms with Crippen molar-refractivity contribution in [3.8, 4) is 0 Å². The molecule has 0 saturated heterocycles. The van der Waals surface area contributed by atoms with E-state index in [4.69, 9.17) is 0 Å². The van der Waals surface area contributed by atoms with E-state index in [0.29, 0.717) is 5.84 Å². The summed E-state index contributed by atoms with van der Waals surface area (Å²) in [5.74, 6) is 0.469. The van der Waals surface area contributed by atoms with Crippen LogP contribution in [0.25, 0.3) is 0 Å². The van der Waals surface area contributed by atoms with Crippen LogP contribution >= 0.6 is 0 Å². The smallest absolute Gasteiger partial charge is 0.265 e. The minimum Gasteiger partial charge on any atom is -0.265 e. The molecule has 0 bridgehead atoms. The van der Waals surface area contributed by atoms with Gasteiger partial charge in [-0.05, 0) is 5.22 Å². The Morgan fingerprint density at radius 2 is 2.00 bits per heavy atom. The van der Waals surface area contributed by atoms with Gasteiger partial charge in [-0.2, -0.15) is 4.99 Å². The summed E-state index contributed by atoms with van der Waals surface area (Å²) in [6.07, 6.45) is 0. The van der Waals surface area contributed by atoms with E-state index in [2.05, 4.69) is 25.4 Å². The summed E-state index contributed by atoms with van der Waals surface area (Å²) in [7, 11) is 0. The molecule has 0 atom stereocenters. The van der Waals surface area contributed by atoms with Gasteiger partial charge in [0.2, 0.25) is 11.5 Å². The summed E-state index contributed by atoms with van der Waals surface area (Å²) in [4.78, 5) is 19.1. The standard InChI is InChI=1S/C7H7N5O/c1-3(2)5-8-6-4(7(13)9-5)10-12-11-6/h3H,1-2H3. The Morgan fingerprint density at radius 3 is 2.69 bits per heavy atom. The van der Waals surface area contributed by atoms with Crippen LogP contribution < -0.4 is 0 Å². The molecule has 0 aliphatic carbocycles. The summed E-state index contributed by atoms with van der Waals surface area (Å²) >= 11 is 0. The molecule has 0 saturated carbocycles. The molecule has 2 heterocycles. The van der Waals surface area contributed by atoms with Gasteiger partial charge in [0.1, 0.15) is 5.84 Å². The summed E-state index contributed by atoms with van der Waals surface area (Å²) < 4.78 is 0. The predicted octanol–water partition coefficient (Wildman–Crippen LogP) is 0.801. The van der Waals surface area contributed by atoms with E-state index in [9.17, 15) is 4.79 Å². The van der Waals surface area contributed by atoms with Gasteiger partial charge < -0.3 is 0 Å². The molecule has 2 rings (SSSR count). The van der Waals surface area contributed by atoms with Gasteiger partial charge in [0.25, 0.3) is 0 Å². The van der Waals surface area contributed by atoms with Gasteiger partial charge in [-0.1, -0.05) is 13.8 Å². The third kappa shape index (κ3) is 1.20. The van der Waals surface area contributed by atoms with Crippen molar-refractivity contribution in [2.24, 2.45) is 31.3 Å². The summed E-state index contributed by atoms with van der Waals surface area (Å²) in [5.41, 5.74) is 0.143. The van der Waals surface area contributed by atoms with Gasteiger partial charge >= 0.3 is 5.91 Å². The van der Waals surface area contributed by atoms with Gasteiger partial charge in [-0.3, -0.25) is 4.79 Å². The molecule has 0 fully saturated rings. The maximum atomic E-state index is 11.3. The molecule has 0 aromatic heterocycles. The molecule has 6 nitrogen and oxygen atoms in total. The van der Waals surface area contributed by atoms with Crippen LogP contribution in [0.4, 0.5) is 0 Å². The van der Waals surface area contributed by atoms with Crippen LogP contribution in [0.2, 0.25) is 0 Å². The molecular weight excluding hydrogens is 170 g/mol. The molecule has 2 aliphatic rings. The topological polar surface area (TPSA) is 78.9 Å². The second-order valence-electron chi connectivity index (χ2n) is 3.00. The van der Waals surface area contributed by atoms with Gasteiger partial charge in [-0.15, -0.1) is 10.2 Å². The quantitative estimate of drug-likeness (QED) is 0.583. The van der Waals surface area contributed by atoms with E-state index in [-0.39, 0.29) is 17.5 Å². The number of hydrogen-bond donors (Lipinski definition) is 0. The summed E-state index contributed by atoms with van der Waals surface area (Å²) in [6.45, 7) is 3.81. The van der Waals surface area contributed by atoms with E-state index < -0.39 is 5.91 Å². The highest BCUT2D eigenvalue weighted by Crippen LogP contribution is 2.11. The number of hydrogen-bond acceptors (Lipinski definition) is 5. The molecule has 0 spiro atoms. The molecule has 0 N–H and O–H groups in total. The predicted molar refractivity (Wildman–Crippen MR) is 47.0 cm³/mol. The number of rotatable bonds is 1. The fourth-order valence-corrected chi connectivity index (χ4v) is 0.964. The van der Waals surface area contributed by atoms with Gasteiger partial charge in [-0.25, -0.2) is 4.99 Å². The largest absolute Gasteiger partial charge is 0.303 e. The van der Waals surface area contributed by atoms with E-state index in [0.717, 1.165) is 0 Å². The maximum Gasteiger partial charge on any atom is 0.303 e. The van der Waals surface area contributed by atoms with Crippen molar-refractivity contribution in [2.45, 2.75) is 13.8 Å². The third-order valence-corrected chi connectivity index (χ3v) is 1.65. The molecule has 13 heavy (non-hydrogen) atoms. The molecule has 0 aromatic carbocycles. The second kappa shape index (κ2) is 2.65. The van der Waals surface area contributed by atoms with E-state index in [1.165, 1.54) is 0 Å². The van der Waals surface area contributed by atoms with Crippen LogP contribution in [0.1, 0.15) is 13.8 Å². The zero-order chi connectivity index (χ0) is 9.42. The number of aliphatic imine (C=N–C) groups is 2. The zero-order valence-corrected chi connectivity index (χ0v) is 7.22. The molecule has 0 radical (unpaired) electrons. The molecule has 2 aliphatic heterocycles. The second-order valence-corrected chi connectivity index (χ2v) is 3.00. The first kappa shape index (κ1) is 7.90. The Morgan fingerprint density at radius 1 is 1.23 bits per heavy atom. The minimum atomic E-state index is -0.404. The Kier molecular flexibility index (Phi) is 1.61. The van der Waals surface area contributed by atoms with Gasteiger partial charge in [0.05, 0.1) is 0 Å². The van der Waals surface area contributed by atoms with Crippen molar-refractivity contribution >= 4 is 23.3 Å². The van der Waals surface area contributed by atoms with Crippen LogP contribution in [0.5, 0.6) is 0 Å². The zero-order valence-electron chi connectivity index (χ0n) is 7.22. The van der Waals surface area contributed by atoms with Crippen molar-refractivity contribution < 1.29 is 4.79 Å². The van der Waals surface area contributed by atoms with Crippen LogP contribution in [0.15, 0.2) is 25.4 Å². The lowest BCUT2D eigenvalue weighted by Crippen LogP contribution is -2.27. The number of nitrogens with zero attached hydrogens (tertiary/aromatic N) is 5. The number of carbonyl (C=O) groups is 1. The fourth-order valence-electron chi connectivity index (χ4n) is 0.964. The molecule has 66 valence electrons. The van der Waals surface area contributed by atoms with E-state index in [1.54, 1.807) is 0 Å². The highest BCUT2D eigenvalue weighted by molar-refractivity contribution is 6.69. The Bertz CT molecular complexity index is 388. The maximum absolute atomic E-state index is 11.3. The Hall–Kier alpha value is -1.72. The average molecular weight is 177 g/mol. The van der Waals surface area contributed by atoms with Crippen molar-refractivity contribution in [1.29, 1.82) is 0 Å². The van der Waals surface area contributed by atoms with Crippen LogP contribution in [0, 0.1) is 5.92 Å². The van der Waals surface area contributed by atoms with Crippen LogP contribution in [-0.4, -0.2) is 23.3 Å². The first-order chi connectivity index (χ1) is 6.18. The van der Waals surface area contributed by atoms with Crippen LogP contribution in [0.3, 0.4) is 0 Å². The van der Waals surface area contributed by atoms with Crippen molar-refractivity contribution in [2.75, 3.05) is 0 Å². The highest BCUT2D eigenvalue weighted by Gasteiger charge is 2.27.